The van der Waals surface area contributed by atoms with Crippen molar-refractivity contribution in [3.63, 3.8) is 0 Å². The number of amides is 1. The number of halogens is 2. The third-order valence-electron chi connectivity index (χ3n) is 5.86. The van der Waals surface area contributed by atoms with E-state index in [1.54, 1.807) is 24.3 Å². The largest absolute Gasteiger partial charge is 0.481 e. The predicted octanol–water partition coefficient (Wildman–Crippen LogP) is 3.04. The molecule has 2 aliphatic rings. The van der Waals surface area contributed by atoms with Crippen molar-refractivity contribution < 1.29 is 28.0 Å². The summed E-state index contributed by atoms with van der Waals surface area (Å²) < 4.78 is 28.0. The minimum absolute atomic E-state index is 0.0155. The fraction of sp³-hybridized carbons (Fsp3) is 0.348. The van der Waals surface area contributed by atoms with Crippen molar-refractivity contribution in [2.24, 2.45) is 10.7 Å². The van der Waals surface area contributed by atoms with E-state index in [2.05, 4.69) is 4.99 Å². The van der Waals surface area contributed by atoms with Gasteiger partial charge in [-0.15, -0.1) is 5.06 Å². The molecule has 4 rings (SSSR count). The summed E-state index contributed by atoms with van der Waals surface area (Å²) in [6.07, 6.45) is 0.376. The van der Waals surface area contributed by atoms with Crippen molar-refractivity contribution in [3.05, 3.63) is 64.1 Å². The summed E-state index contributed by atoms with van der Waals surface area (Å²) in [5.41, 5.74) is 7.31. The minimum atomic E-state index is -4.13. The van der Waals surface area contributed by atoms with E-state index in [0.29, 0.717) is 6.42 Å². The number of carboxylic acids is 1. The number of carbonyl (C=O) groups is 2. The first-order valence-corrected chi connectivity index (χ1v) is 13.3. The van der Waals surface area contributed by atoms with Crippen LogP contribution < -0.4 is 5.73 Å². The van der Waals surface area contributed by atoms with Gasteiger partial charge in [-0.05, 0) is 36.6 Å². The second-order valence-electron chi connectivity index (χ2n) is 8.54. The fourth-order valence-electron chi connectivity index (χ4n) is 4.25. The van der Waals surface area contributed by atoms with Gasteiger partial charge in [0.05, 0.1) is 11.3 Å². The molecule has 0 aromatic heterocycles. The van der Waals surface area contributed by atoms with E-state index in [0.717, 1.165) is 14.9 Å². The monoisotopic (exact) mass is 554 g/mol. The van der Waals surface area contributed by atoms with Crippen molar-refractivity contribution in [3.8, 4) is 0 Å². The highest BCUT2D eigenvalue weighted by atomic mass is 35.5. The third-order valence-corrected chi connectivity index (χ3v) is 8.18. The number of carbonyl (C=O) groups excluding carboxylic acids is 1. The highest BCUT2D eigenvalue weighted by Crippen LogP contribution is 2.33. The Balaban J connectivity index is 1.64. The quantitative estimate of drug-likeness (QED) is 0.510. The van der Waals surface area contributed by atoms with Crippen LogP contribution in [0.5, 0.6) is 0 Å². The van der Waals surface area contributed by atoms with Crippen LogP contribution in [0, 0.1) is 0 Å². The molecule has 36 heavy (non-hydrogen) atoms. The molecule has 0 bridgehead atoms. The maximum absolute atomic E-state index is 13.7. The summed E-state index contributed by atoms with van der Waals surface area (Å²) in [5.74, 6) is -3.47. The molecule has 13 heteroatoms. The topological polar surface area (TPSA) is 143 Å². The van der Waals surface area contributed by atoms with Gasteiger partial charge in [-0.3, -0.25) is 15.3 Å². The average Bonchev–Trinajstić information content (AvgIpc) is 3.43. The van der Waals surface area contributed by atoms with Gasteiger partial charge in [0.2, 0.25) is 21.7 Å². The number of hydrogen-bond acceptors (Lipinski definition) is 7. The molecule has 2 heterocycles. The summed E-state index contributed by atoms with van der Waals surface area (Å²) in [6.45, 7) is 0.0969. The van der Waals surface area contributed by atoms with E-state index >= 15 is 0 Å². The van der Waals surface area contributed by atoms with E-state index in [4.69, 9.17) is 38.9 Å². The Hall–Kier alpha value is -2.70. The van der Waals surface area contributed by atoms with Gasteiger partial charge >= 0.3 is 5.97 Å². The van der Waals surface area contributed by atoms with E-state index in [1.165, 1.54) is 18.2 Å². The van der Waals surface area contributed by atoms with Crippen LogP contribution >= 0.6 is 23.2 Å². The molecule has 192 valence electrons. The Morgan fingerprint density at radius 3 is 2.47 bits per heavy atom. The van der Waals surface area contributed by atoms with Gasteiger partial charge in [-0.1, -0.05) is 53.5 Å². The van der Waals surface area contributed by atoms with Crippen LogP contribution in [0.3, 0.4) is 0 Å². The first-order chi connectivity index (χ1) is 17.0. The number of sulfonamides is 1. The number of aliphatic imine (C=N–C) groups is 1. The Morgan fingerprint density at radius 1 is 1.17 bits per heavy atom. The molecule has 0 spiro atoms. The lowest BCUT2D eigenvalue weighted by atomic mass is 10.1. The molecule has 1 saturated heterocycles. The van der Waals surface area contributed by atoms with Gasteiger partial charge in [-0.25, -0.2) is 13.4 Å². The van der Waals surface area contributed by atoms with Crippen molar-refractivity contribution in [2.45, 2.75) is 48.8 Å². The summed E-state index contributed by atoms with van der Waals surface area (Å²) in [6, 6.07) is 11.9. The van der Waals surface area contributed by atoms with Gasteiger partial charge in [0.25, 0.3) is 5.91 Å². The first kappa shape index (κ1) is 26.4. The first-order valence-electron chi connectivity index (χ1n) is 11.1. The van der Waals surface area contributed by atoms with Crippen molar-refractivity contribution in [2.75, 3.05) is 6.54 Å². The van der Waals surface area contributed by atoms with Crippen molar-refractivity contribution >= 4 is 51.0 Å². The minimum Gasteiger partial charge on any atom is -0.481 e. The van der Waals surface area contributed by atoms with E-state index in [1.807, 2.05) is 6.07 Å². The lowest BCUT2D eigenvalue weighted by Gasteiger charge is -2.33. The normalized spacial score (nSPS) is 22.4. The SMILES string of the molecule is NC1(Cc2ccccc2)N=C(CCC(=O)O)ON1C(=O)C1CCCN1S(=O)(=O)c1cc(Cl)cc(Cl)c1. The summed E-state index contributed by atoms with van der Waals surface area (Å²) in [5, 5.41) is 10.2. The van der Waals surface area contributed by atoms with Gasteiger partial charge in [0.15, 0.2) is 0 Å². The molecule has 3 N–H and O–H groups in total. The lowest BCUT2D eigenvalue weighted by Crippen LogP contribution is -2.59. The summed E-state index contributed by atoms with van der Waals surface area (Å²) in [4.78, 5) is 34.7. The molecule has 2 unspecified atom stereocenters. The number of hydrogen-bond donors (Lipinski definition) is 2. The lowest BCUT2D eigenvalue weighted by molar-refractivity contribution is -0.180. The van der Waals surface area contributed by atoms with Crippen LogP contribution in [-0.4, -0.2) is 59.0 Å². The van der Waals surface area contributed by atoms with Crippen LogP contribution in [0.4, 0.5) is 0 Å². The molecule has 10 nitrogen and oxygen atoms in total. The maximum Gasteiger partial charge on any atom is 0.303 e. The zero-order valence-corrected chi connectivity index (χ0v) is 21.3. The second kappa shape index (κ2) is 10.3. The highest BCUT2D eigenvalue weighted by Gasteiger charge is 2.50. The molecule has 2 aliphatic heterocycles. The molecule has 0 saturated carbocycles. The molecule has 0 radical (unpaired) electrons. The summed E-state index contributed by atoms with van der Waals surface area (Å²) >= 11 is 12.0. The molecule has 2 atom stereocenters. The molecule has 1 amide bonds. The standard InChI is InChI=1S/C23H24Cl2N4O6S/c24-16-11-17(25)13-18(12-16)36(33,34)28-10-4-7-19(28)22(32)29-23(26,14-15-5-2-1-3-6-15)27-20(35-29)8-9-21(30)31/h1-3,5-6,11-13,19H,4,7-10,14,26H2,(H,30,31). The Bertz CT molecular complexity index is 1290. The van der Waals surface area contributed by atoms with E-state index in [-0.39, 0.29) is 53.1 Å². The van der Waals surface area contributed by atoms with Gasteiger partial charge in [0, 0.05) is 29.4 Å². The highest BCUT2D eigenvalue weighted by molar-refractivity contribution is 7.89. The van der Waals surface area contributed by atoms with Crippen LogP contribution in [0.15, 0.2) is 58.4 Å². The zero-order valence-electron chi connectivity index (χ0n) is 19.0. The zero-order chi connectivity index (χ0) is 26.1. The van der Waals surface area contributed by atoms with Crippen LogP contribution in [-0.2, 0) is 30.9 Å². The molecule has 1 fully saturated rings. The Kier molecular flexibility index (Phi) is 7.58. The van der Waals surface area contributed by atoms with Crippen LogP contribution in [0.1, 0.15) is 31.2 Å². The number of aliphatic carboxylic acids is 1. The maximum atomic E-state index is 13.7. The number of nitrogens with zero attached hydrogens (tertiary/aromatic N) is 3. The predicted molar refractivity (Wildman–Crippen MR) is 133 cm³/mol. The summed E-state index contributed by atoms with van der Waals surface area (Å²) in [7, 11) is -4.13. The molecule has 2 aromatic rings. The van der Waals surface area contributed by atoms with Gasteiger partial charge < -0.3 is 9.94 Å². The van der Waals surface area contributed by atoms with Crippen molar-refractivity contribution in [1.82, 2.24) is 9.37 Å². The number of hydroxylamine groups is 2. The average molecular weight is 555 g/mol. The molecule has 2 aromatic carbocycles. The smallest absolute Gasteiger partial charge is 0.303 e. The number of rotatable bonds is 8. The molecular weight excluding hydrogens is 531 g/mol. The molecular formula is C23H24Cl2N4O6S. The fourth-order valence-corrected chi connectivity index (χ4v) is 6.63. The van der Waals surface area contributed by atoms with Gasteiger partial charge in [-0.2, -0.15) is 4.31 Å². The number of nitrogens with two attached hydrogens (primary N) is 1. The molecule has 0 aliphatic carbocycles. The Labute approximate surface area is 218 Å². The number of carboxylic acid groups (broad SMARTS) is 1. The Morgan fingerprint density at radius 2 is 1.83 bits per heavy atom. The van der Waals surface area contributed by atoms with Crippen molar-refractivity contribution in [1.29, 1.82) is 0 Å². The van der Waals surface area contributed by atoms with Gasteiger partial charge in [0.1, 0.15) is 6.04 Å². The third kappa shape index (κ3) is 5.50. The number of benzene rings is 2. The van der Waals surface area contributed by atoms with Crippen LogP contribution in [0.2, 0.25) is 10.0 Å². The second-order valence-corrected chi connectivity index (χ2v) is 11.3. The van der Waals surface area contributed by atoms with E-state index < -0.39 is 33.7 Å². The van der Waals surface area contributed by atoms with E-state index in [9.17, 15) is 18.0 Å². The van der Waals surface area contributed by atoms with Crippen LogP contribution in [0.25, 0.3) is 0 Å².